The van der Waals surface area contributed by atoms with E-state index >= 15 is 0 Å². The number of aromatic nitrogens is 3. The Morgan fingerprint density at radius 2 is 1.91 bits per heavy atom. The first-order valence-corrected chi connectivity index (χ1v) is 11.3. The van der Waals surface area contributed by atoms with Gasteiger partial charge in [0, 0.05) is 42.3 Å². The van der Waals surface area contributed by atoms with Crippen LogP contribution in [0.15, 0.2) is 29.4 Å². The van der Waals surface area contributed by atoms with Crippen molar-refractivity contribution in [3.8, 4) is 5.88 Å². The van der Waals surface area contributed by atoms with Crippen LogP contribution in [-0.2, 0) is 0 Å². The Balaban J connectivity index is 1.81. The van der Waals surface area contributed by atoms with Crippen LogP contribution in [0.4, 0.5) is 11.6 Å². The molecule has 8 heteroatoms. The van der Waals surface area contributed by atoms with Crippen LogP contribution in [0.3, 0.4) is 0 Å². The lowest BCUT2D eigenvalue weighted by molar-refractivity contribution is 0.306. The number of nitrogens with zero attached hydrogens (tertiary/aromatic N) is 4. The normalized spacial score (nSPS) is 11.4. The number of rotatable bonds is 12. The minimum Gasteiger partial charge on any atom is -0.476 e. The molecule has 3 rings (SSSR count). The van der Waals surface area contributed by atoms with Gasteiger partial charge in [0.1, 0.15) is 6.61 Å². The Morgan fingerprint density at radius 1 is 1.12 bits per heavy atom. The van der Waals surface area contributed by atoms with Gasteiger partial charge in [-0.15, -0.1) is 0 Å². The molecule has 2 heterocycles. The molecule has 0 radical (unpaired) electrons. The maximum atomic E-state index is 5.84. The fourth-order valence-electron chi connectivity index (χ4n) is 3.52. The lowest BCUT2D eigenvalue weighted by Gasteiger charge is -2.22. The van der Waals surface area contributed by atoms with Crippen molar-refractivity contribution in [3.63, 3.8) is 0 Å². The van der Waals surface area contributed by atoms with E-state index in [1.54, 1.807) is 6.21 Å². The third-order valence-electron chi connectivity index (χ3n) is 5.28. The molecule has 0 amide bonds. The molecule has 0 aliphatic rings. The number of anilines is 2. The number of likely N-dealkylation sites (N-methyl/N-ethyl adjacent to an activating group) is 1. The molecular formula is C24H35N7O. The second kappa shape index (κ2) is 11.5. The maximum absolute atomic E-state index is 5.84. The lowest BCUT2D eigenvalue weighted by Crippen LogP contribution is -2.27. The second-order valence-electron chi connectivity index (χ2n) is 7.88. The Bertz CT molecular complexity index is 1040. The summed E-state index contributed by atoms with van der Waals surface area (Å²) >= 11 is 0. The van der Waals surface area contributed by atoms with Crippen molar-refractivity contribution in [1.82, 2.24) is 20.3 Å². The number of benzene rings is 1. The van der Waals surface area contributed by atoms with Gasteiger partial charge in [-0.1, -0.05) is 13.8 Å². The van der Waals surface area contributed by atoms with Crippen LogP contribution in [0, 0.1) is 13.8 Å². The summed E-state index contributed by atoms with van der Waals surface area (Å²) in [5.41, 5.74) is 8.32. The zero-order valence-corrected chi connectivity index (χ0v) is 19.8. The van der Waals surface area contributed by atoms with Crippen molar-refractivity contribution < 1.29 is 4.74 Å². The van der Waals surface area contributed by atoms with Crippen LogP contribution >= 0.6 is 0 Å². The third-order valence-corrected chi connectivity index (χ3v) is 5.28. The van der Waals surface area contributed by atoms with Crippen LogP contribution in [0.5, 0.6) is 5.88 Å². The van der Waals surface area contributed by atoms with Crippen molar-refractivity contribution in [2.24, 2.45) is 5.10 Å². The molecule has 0 atom stereocenters. The minimum atomic E-state index is 0.540. The number of fused-ring (bicyclic) bond motifs is 1. The van der Waals surface area contributed by atoms with Gasteiger partial charge in [-0.25, -0.2) is 4.98 Å². The standard InChI is InChI=1S/C24H35N7O/c1-6-11-31(12-7-2)24-28-20(15-23(29-24)32-13-10-25-5)16-26-30-19-8-9-22-21(14-19)17(3)18(4)27-22/h8-9,14-16,25,27,30H,6-7,10-13H2,1-5H3/b26-16+. The summed E-state index contributed by atoms with van der Waals surface area (Å²) in [5, 5.41) is 8.70. The molecule has 2 aromatic heterocycles. The Morgan fingerprint density at radius 3 is 2.62 bits per heavy atom. The average molecular weight is 438 g/mol. The zero-order valence-electron chi connectivity index (χ0n) is 19.8. The topological polar surface area (TPSA) is 90.5 Å². The quantitative estimate of drug-likeness (QED) is 0.223. The van der Waals surface area contributed by atoms with Crippen molar-refractivity contribution >= 4 is 28.8 Å². The molecule has 0 aliphatic heterocycles. The van der Waals surface area contributed by atoms with Crippen molar-refractivity contribution in [2.45, 2.75) is 40.5 Å². The summed E-state index contributed by atoms with van der Waals surface area (Å²) in [6, 6.07) is 8.00. The maximum Gasteiger partial charge on any atom is 0.229 e. The summed E-state index contributed by atoms with van der Waals surface area (Å²) in [6.07, 6.45) is 3.77. The number of aromatic amines is 1. The van der Waals surface area contributed by atoms with Crippen LogP contribution in [0.1, 0.15) is 43.6 Å². The van der Waals surface area contributed by atoms with E-state index in [1.807, 2.05) is 19.2 Å². The van der Waals surface area contributed by atoms with Crippen LogP contribution in [-0.4, -0.2) is 54.5 Å². The number of hydrogen-bond donors (Lipinski definition) is 3. The van der Waals surface area contributed by atoms with Crippen molar-refractivity contribution in [3.05, 3.63) is 41.2 Å². The second-order valence-corrected chi connectivity index (χ2v) is 7.88. The molecular weight excluding hydrogens is 402 g/mol. The highest BCUT2D eigenvalue weighted by atomic mass is 16.5. The molecule has 0 spiro atoms. The van der Waals surface area contributed by atoms with Crippen LogP contribution in [0.25, 0.3) is 10.9 Å². The number of hydrazone groups is 1. The molecule has 0 fully saturated rings. The molecule has 0 saturated heterocycles. The Labute approximate surface area is 190 Å². The number of aryl methyl sites for hydroxylation is 2. The molecule has 0 bridgehead atoms. The third kappa shape index (κ3) is 5.97. The van der Waals surface area contributed by atoms with Gasteiger partial charge in [0.05, 0.1) is 17.6 Å². The number of hydrogen-bond acceptors (Lipinski definition) is 7. The number of H-pyrrole nitrogens is 1. The molecule has 0 aliphatic carbocycles. The van der Waals surface area contributed by atoms with Gasteiger partial charge in [-0.3, -0.25) is 5.43 Å². The van der Waals surface area contributed by atoms with Gasteiger partial charge in [-0.05, 0) is 57.5 Å². The van der Waals surface area contributed by atoms with Crippen molar-refractivity contribution in [2.75, 3.05) is 43.6 Å². The zero-order chi connectivity index (χ0) is 22.9. The molecule has 8 nitrogen and oxygen atoms in total. The van der Waals surface area contributed by atoms with Gasteiger partial charge in [0.15, 0.2) is 0 Å². The average Bonchev–Trinajstić information content (AvgIpc) is 3.07. The molecule has 32 heavy (non-hydrogen) atoms. The Hall–Kier alpha value is -3.13. The molecule has 3 aromatic rings. The van der Waals surface area contributed by atoms with E-state index in [9.17, 15) is 0 Å². The first kappa shape index (κ1) is 23.5. The fraction of sp³-hybridized carbons (Fsp3) is 0.458. The van der Waals surface area contributed by atoms with E-state index in [0.717, 1.165) is 43.7 Å². The summed E-state index contributed by atoms with van der Waals surface area (Å²) < 4.78 is 5.84. The molecule has 172 valence electrons. The summed E-state index contributed by atoms with van der Waals surface area (Å²) in [6.45, 7) is 11.6. The minimum absolute atomic E-state index is 0.540. The molecule has 3 N–H and O–H groups in total. The van der Waals surface area contributed by atoms with E-state index in [0.29, 0.717) is 24.1 Å². The van der Waals surface area contributed by atoms with Crippen molar-refractivity contribution in [1.29, 1.82) is 0 Å². The van der Waals surface area contributed by atoms with E-state index in [1.165, 1.54) is 16.6 Å². The molecule has 0 unspecified atom stereocenters. The van der Waals surface area contributed by atoms with E-state index in [4.69, 9.17) is 9.72 Å². The van der Waals surface area contributed by atoms with E-state index in [-0.39, 0.29) is 0 Å². The largest absolute Gasteiger partial charge is 0.476 e. The summed E-state index contributed by atoms with van der Waals surface area (Å²) in [7, 11) is 1.90. The number of nitrogens with one attached hydrogen (secondary N) is 3. The highest BCUT2D eigenvalue weighted by Crippen LogP contribution is 2.24. The predicted molar refractivity (Wildman–Crippen MR) is 133 cm³/mol. The first-order chi connectivity index (χ1) is 15.5. The van der Waals surface area contributed by atoms with E-state index < -0.39 is 0 Å². The van der Waals surface area contributed by atoms with Gasteiger partial charge in [0.2, 0.25) is 11.8 Å². The summed E-state index contributed by atoms with van der Waals surface area (Å²) in [4.78, 5) is 14.9. The highest BCUT2D eigenvalue weighted by Gasteiger charge is 2.12. The van der Waals surface area contributed by atoms with E-state index in [2.05, 4.69) is 70.5 Å². The van der Waals surface area contributed by atoms with Crippen LogP contribution in [0.2, 0.25) is 0 Å². The number of ether oxygens (including phenoxy) is 1. The summed E-state index contributed by atoms with van der Waals surface area (Å²) in [5.74, 6) is 1.24. The molecule has 0 saturated carbocycles. The SMILES string of the molecule is CCCN(CCC)c1nc(/C=N/Nc2ccc3[nH]c(C)c(C)c3c2)cc(OCCNC)n1. The van der Waals surface area contributed by atoms with Crippen LogP contribution < -0.4 is 20.4 Å². The fourth-order valence-corrected chi connectivity index (χ4v) is 3.52. The van der Waals surface area contributed by atoms with Gasteiger partial charge >= 0.3 is 0 Å². The monoisotopic (exact) mass is 437 g/mol. The van der Waals surface area contributed by atoms with Gasteiger partial charge < -0.3 is 19.9 Å². The Kier molecular flexibility index (Phi) is 8.44. The predicted octanol–water partition coefficient (Wildman–Crippen LogP) is 4.25. The smallest absolute Gasteiger partial charge is 0.229 e. The van der Waals surface area contributed by atoms with Gasteiger partial charge in [-0.2, -0.15) is 10.1 Å². The first-order valence-electron chi connectivity index (χ1n) is 11.3. The van der Waals surface area contributed by atoms with Gasteiger partial charge in [0.25, 0.3) is 0 Å². The highest BCUT2D eigenvalue weighted by molar-refractivity contribution is 5.87. The lowest BCUT2D eigenvalue weighted by atomic mass is 10.1. The molecule has 1 aromatic carbocycles.